The van der Waals surface area contributed by atoms with Gasteiger partial charge < -0.3 is 0 Å². The molecule has 2 aliphatic rings. The van der Waals surface area contributed by atoms with Gasteiger partial charge in [-0.2, -0.15) is 0 Å². The van der Waals surface area contributed by atoms with Gasteiger partial charge in [0, 0.05) is 40.8 Å². The van der Waals surface area contributed by atoms with Crippen LogP contribution in [0.2, 0.25) is 0 Å². The molecular weight excluding hydrogens is 869 g/mol. The van der Waals surface area contributed by atoms with Crippen LogP contribution < -0.4 is 0 Å². The van der Waals surface area contributed by atoms with Gasteiger partial charge in [0.25, 0.3) is 0 Å². The van der Waals surface area contributed by atoms with Crippen LogP contribution in [-0.2, 0) is 59.5 Å². The summed E-state index contributed by atoms with van der Waals surface area (Å²) in [6, 6.07) is 16.9. The minimum Gasteiger partial charge on any atom is -0.0312 e. The predicted molar refractivity (Wildman–Crippen MR) is 152 cm³/mol. The second kappa shape index (κ2) is 38.9. The Labute approximate surface area is 282 Å². The molecule has 0 N–H and O–H groups in total. The van der Waals surface area contributed by atoms with E-state index in [0.29, 0.717) is 0 Å². The van der Waals surface area contributed by atoms with E-state index in [2.05, 4.69) is 113 Å². The Kier molecular flexibility index (Phi) is 46.0. The van der Waals surface area contributed by atoms with Crippen LogP contribution in [0.15, 0.2) is 48.5 Å². The molecule has 0 amide bonds. The third-order valence-electron chi connectivity index (χ3n) is 4.54. The SMILES string of the molecule is C[C]=[C]/C(=C(\[C]=[C]C)c1ccc(C)cc1)c1ccc(C)cc1.[C-]#[O+].[C-]#[O+].[C-]#[O+].[C-]#[O+].[CH]1[CH][CH][CH][CH]1.[CH]1[CH][CH][CH][CH]1.[Re].[Re]. The summed E-state index contributed by atoms with van der Waals surface area (Å²) in [7, 11) is 0. The van der Waals surface area contributed by atoms with E-state index in [0.717, 1.165) is 22.3 Å². The van der Waals surface area contributed by atoms with Crippen molar-refractivity contribution in [2.24, 2.45) is 0 Å². The van der Waals surface area contributed by atoms with Gasteiger partial charge in [-0.25, -0.2) is 0 Å². The Bertz CT molecular complexity index is 921. The molecule has 2 aromatic carbocycles. The maximum absolute atomic E-state index is 7.50. The van der Waals surface area contributed by atoms with Crippen LogP contribution in [0.5, 0.6) is 0 Å². The summed E-state index contributed by atoms with van der Waals surface area (Å²) in [5, 5.41) is 0. The van der Waals surface area contributed by atoms with Crippen molar-refractivity contribution < 1.29 is 59.5 Å². The predicted octanol–water partition coefficient (Wildman–Crippen LogP) is 7.47. The molecular formula is C36H30O4Re2. The monoisotopic (exact) mass is 900 g/mol. The number of allylic oxidation sites excluding steroid dienone is 6. The number of hydrogen-bond donors (Lipinski definition) is 0. The molecule has 0 bridgehead atoms. The molecule has 212 valence electrons. The Hall–Kier alpha value is -2.06. The molecule has 16 radical (unpaired) electrons. The topological polar surface area (TPSA) is 79.6 Å². The van der Waals surface area contributed by atoms with Crippen molar-refractivity contribution >= 4 is 11.1 Å². The molecule has 0 spiro atoms. The normalized spacial score (nSPS) is 12.7. The van der Waals surface area contributed by atoms with E-state index in [1.165, 1.54) is 11.1 Å². The van der Waals surface area contributed by atoms with Crippen molar-refractivity contribution in [2.75, 3.05) is 0 Å². The molecule has 4 nitrogen and oxygen atoms in total. The molecule has 0 heterocycles. The van der Waals surface area contributed by atoms with Crippen LogP contribution in [0.1, 0.15) is 36.1 Å². The van der Waals surface area contributed by atoms with Gasteiger partial charge in [-0.1, -0.05) is 59.7 Å². The van der Waals surface area contributed by atoms with Gasteiger partial charge in [0.1, 0.15) is 0 Å². The Morgan fingerprint density at radius 3 is 0.786 bits per heavy atom. The van der Waals surface area contributed by atoms with Gasteiger partial charge in [0.05, 0.1) is 0 Å². The molecule has 6 heteroatoms. The Morgan fingerprint density at radius 1 is 0.429 bits per heavy atom. The van der Waals surface area contributed by atoms with Crippen LogP contribution in [0.25, 0.3) is 11.1 Å². The van der Waals surface area contributed by atoms with Crippen LogP contribution in [-0.4, -0.2) is 0 Å². The van der Waals surface area contributed by atoms with E-state index >= 15 is 0 Å². The van der Waals surface area contributed by atoms with Crippen LogP contribution in [0.3, 0.4) is 0 Å². The molecule has 2 fully saturated rings. The Morgan fingerprint density at radius 2 is 0.619 bits per heavy atom. The van der Waals surface area contributed by atoms with Crippen LogP contribution in [0.4, 0.5) is 0 Å². The number of aryl methyl sites for hydroxylation is 2. The third kappa shape index (κ3) is 24.5. The van der Waals surface area contributed by atoms with Gasteiger partial charge in [-0.05, 0) is 138 Å². The van der Waals surface area contributed by atoms with Crippen LogP contribution >= 0.6 is 0 Å². The van der Waals surface area contributed by atoms with E-state index in [1.54, 1.807) is 0 Å². The van der Waals surface area contributed by atoms with Crippen molar-refractivity contribution in [3.8, 4) is 0 Å². The second-order valence-electron chi connectivity index (χ2n) is 7.16. The molecule has 0 unspecified atom stereocenters. The fourth-order valence-electron chi connectivity index (χ4n) is 2.89. The zero-order chi connectivity index (χ0) is 31.0. The van der Waals surface area contributed by atoms with E-state index in [9.17, 15) is 0 Å². The minimum absolute atomic E-state index is 0. The first-order chi connectivity index (χ1) is 19.7. The maximum atomic E-state index is 7.50. The summed E-state index contributed by atoms with van der Waals surface area (Å²) in [6.45, 7) is 25.9. The summed E-state index contributed by atoms with van der Waals surface area (Å²) in [5.74, 6) is 0. The van der Waals surface area contributed by atoms with Crippen molar-refractivity contribution in [3.63, 3.8) is 0 Å². The molecule has 4 rings (SSSR count). The first-order valence-electron chi connectivity index (χ1n) is 11.5. The molecule has 0 aromatic heterocycles. The maximum Gasteiger partial charge on any atom is 0 e. The van der Waals surface area contributed by atoms with Gasteiger partial charge in [0.15, 0.2) is 0 Å². The first kappa shape index (κ1) is 49.6. The number of hydrogen-bond acceptors (Lipinski definition) is 0. The molecule has 0 saturated heterocycles. The van der Waals surface area contributed by atoms with Gasteiger partial charge in [-0.15, -0.1) is 0 Å². The molecule has 2 aromatic rings. The minimum atomic E-state index is 0. The summed E-state index contributed by atoms with van der Waals surface area (Å²) in [6.07, 6.45) is 32.5. The summed E-state index contributed by atoms with van der Waals surface area (Å²) in [5.41, 5.74) is 6.68. The molecule has 42 heavy (non-hydrogen) atoms. The average Bonchev–Trinajstić information content (AvgIpc) is 3.81. The van der Waals surface area contributed by atoms with Gasteiger partial charge in [0.2, 0.25) is 0 Å². The van der Waals surface area contributed by atoms with Gasteiger partial charge in [-0.3, -0.25) is 0 Å². The molecule has 2 saturated carbocycles. The van der Waals surface area contributed by atoms with E-state index in [1.807, 2.05) is 78.1 Å². The smallest absolute Gasteiger partial charge is 0 e. The van der Waals surface area contributed by atoms with Crippen molar-refractivity contribution in [1.29, 1.82) is 0 Å². The van der Waals surface area contributed by atoms with E-state index in [4.69, 9.17) is 18.6 Å². The molecule has 0 atom stereocenters. The van der Waals surface area contributed by atoms with E-state index < -0.39 is 0 Å². The average molecular weight is 899 g/mol. The fourth-order valence-corrected chi connectivity index (χ4v) is 2.89. The third-order valence-corrected chi connectivity index (χ3v) is 4.54. The standard InChI is InChI=1S/C22H20.2C5H5.4CO.2Re/c1-5-7-21(19-13-9-17(3)10-14-19)22(8-6-2)20-15-11-18(4)12-16-20;2*1-2-4-5-3-1;4*1-2;;/h9-16H,1-4H3;2*1-5H;;;;;;/b7-5?,8-6?,22-21-;;;;;;;;. The summed E-state index contributed by atoms with van der Waals surface area (Å²) >= 11 is 0. The van der Waals surface area contributed by atoms with E-state index in [-0.39, 0.29) is 40.8 Å². The number of benzene rings is 2. The van der Waals surface area contributed by atoms with Crippen molar-refractivity contribution in [2.45, 2.75) is 27.7 Å². The van der Waals surface area contributed by atoms with Crippen LogP contribution in [0, 0.1) is 129 Å². The second-order valence-corrected chi connectivity index (χ2v) is 7.16. The Balaban J connectivity index is -0.000000187. The molecule has 0 aliphatic heterocycles. The number of rotatable bonds is 4. The first-order valence-corrected chi connectivity index (χ1v) is 11.5. The van der Waals surface area contributed by atoms with Crippen molar-refractivity contribution in [3.05, 3.63) is 186 Å². The van der Waals surface area contributed by atoms with Crippen molar-refractivity contribution in [1.82, 2.24) is 0 Å². The summed E-state index contributed by atoms with van der Waals surface area (Å²) < 4.78 is 30.0. The quantitative estimate of drug-likeness (QED) is 0.132. The molecule has 2 aliphatic carbocycles. The zero-order valence-electron chi connectivity index (χ0n) is 23.8. The largest absolute Gasteiger partial charge is 0.0312 e. The van der Waals surface area contributed by atoms with Gasteiger partial charge >= 0.3 is 45.2 Å². The zero-order valence-corrected chi connectivity index (χ0v) is 29.2. The summed E-state index contributed by atoms with van der Waals surface area (Å²) in [4.78, 5) is 0. The fraction of sp³-hybridized carbons (Fsp3) is 0.111.